The fourth-order valence-electron chi connectivity index (χ4n) is 3.57. The van der Waals surface area contributed by atoms with E-state index in [4.69, 9.17) is 9.47 Å². The quantitative estimate of drug-likeness (QED) is 0.525. The van der Waals surface area contributed by atoms with E-state index in [1.54, 1.807) is 25.6 Å². The summed E-state index contributed by atoms with van der Waals surface area (Å²) in [6.45, 7) is 1.27. The second-order valence-corrected chi connectivity index (χ2v) is 8.32. The Morgan fingerprint density at radius 3 is 2.70 bits per heavy atom. The molecule has 4 heterocycles. The Morgan fingerprint density at radius 1 is 1.15 bits per heavy atom. The lowest BCUT2D eigenvalue weighted by molar-refractivity contribution is 0.0739. The number of amides is 1. The van der Waals surface area contributed by atoms with Crippen molar-refractivity contribution in [2.45, 2.75) is 13.0 Å². The van der Waals surface area contributed by atoms with Gasteiger partial charge >= 0.3 is 0 Å². The van der Waals surface area contributed by atoms with Crippen LogP contribution in [0.1, 0.15) is 20.8 Å². The molecule has 0 N–H and O–H groups in total. The summed E-state index contributed by atoms with van der Waals surface area (Å²) < 4.78 is 12.8. The number of ether oxygens (including phenoxy) is 2. The van der Waals surface area contributed by atoms with E-state index >= 15 is 0 Å². The van der Waals surface area contributed by atoms with Gasteiger partial charge < -0.3 is 14.4 Å². The van der Waals surface area contributed by atoms with Gasteiger partial charge in [-0.2, -0.15) is 0 Å². The molecule has 1 aromatic carbocycles. The minimum absolute atomic E-state index is 0.0578. The molecule has 4 aromatic rings. The molecule has 1 amide bonds. The van der Waals surface area contributed by atoms with E-state index in [1.165, 1.54) is 16.9 Å². The molecule has 0 spiro atoms. The highest BCUT2D eigenvalue weighted by atomic mass is 32.1. The van der Waals surface area contributed by atoms with Crippen LogP contribution in [0.2, 0.25) is 0 Å². The van der Waals surface area contributed by atoms with E-state index in [0.717, 1.165) is 37.9 Å². The van der Waals surface area contributed by atoms with Crippen LogP contribution in [0.15, 0.2) is 29.8 Å². The molecule has 6 nitrogen and oxygen atoms in total. The Hall–Kier alpha value is -2.58. The third kappa shape index (κ3) is 2.59. The van der Waals surface area contributed by atoms with E-state index in [9.17, 15) is 4.79 Å². The van der Waals surface area contributed by atoms with E-state index in [0.29, 0.717) is 18.8 Å². The molecule has 0 aliphatic carbocycles. The van der Waals surface area contributed by atoms with Crippen molar-refractivity contribution in [1.82, 2.24) is 14.3 Å². The maximum absolute atomic E-state index is 13.1. The standard InChI is InChI=1S/C19H17N3O3S2/c1-24-14-7-11-3-4-21(10-12(11)8-15(14)25-2)18(23)16-9-13-17(27-16)20-19-22(13)5-6-26-19/h5-9H,3-4,10H2,1-2H3. The van der Waals surface area contributed by atoms with Crippen molar-refractivity contribution in [2.24, 2.45) is 0 Å². The Kier molecular flexibility index (Phi) is 3.84. The zero-order valence-corrected chi connectivity index (χ0v) is 16.5. The highest BCUT2D eigenvalue weighted by molar-refractivity contribution is 7.21. The van der Waals surface area contributed by atoms with Gasteiger partial charge in [0.2, 0.25) is 0 Å². The third-order valence-corrected chi connectivity index (χ3v) is 6.72. The van der Waals surface area contributed by atoms with Crippen LogP contribution < -0.4 is 9.47 Å². The summed E-state index contributed by atoms with van der Waals surface area (Å²) in [5.74, 6) is 1.49. The number of thiazole rings is 1. The molecule has 0 saturated heterocycles. The molecule has 138 valence electrons. The number of fused-ring (bicyclic) bond motifs is 4. The van der Waals surface area contributed by atoms with Gasteiger partial charge in [-0.25, -0.2) is 4.98 Å². The molecule has 0 atom stereocenters. The summed E-state index contributed by atoms with van der Waals surface area (Å²) in [6, 6.07) is 5.95. The van der Waals surface area contributed by atoms with Crippen molar-refractivity contribution in [3.8, 4) is 11.5 Å². The first-order valence-corrected chi connectivity index (χ1v) is 10.3. The molecule has 0 radical (unpaired) electrons. The number of methoxy groups -OCH3 is 2. The van der Waals surface area contributed by atoms with Gasteiger partial charge in [0.25, 0.3) is 5.91 Å². The molecular weight excluding hydrogens is 382 g/mol. The monoisotopic (exact) mass is 399 g/mol. The van der Waals surface area contributed by atoms with Gasteiger partial charge in [-0.1, -0.05) is 0 Å². The number of imidazole rings is 1. The van der Waals surface area contributed by atoms with Gasteiger partial charge in [0.1, 0.15) is 4.83 Å². The molecule has 5 rings (SSSR count). The van der Waals surface area contributed by atoms with Gasteiger partial charge in [0, 0.05) is 24.7 Å². The molecule has 0 unspecified atom stereocenters. The molecule has 27 heavy (non-hydrogen) atoms. The van der Waals surface area contributed by atoms with Crippen LogP contribution in [0.25, 0.3) is 15.3 Å². The van der Waals surface area contributed by atoms with Crippen LogP contribution in [0.4, 0.5) is 0 Å². The number of carbonyl (C=O) groups excluding carboxylic acids is 1. The number of carbonyl (C=O) groups is 1. The van der Waals surface area contributed by atoms with Crippen LogP contribution in [0, 0.1) is 0 Å². The smallest absolute Gasteiger partial charge is 0.264 e. The summed E-state index contributed by atoms with van der Waals surface area (Å²) in [6.07, 6.45) is 2.80. The summed E-state index contributed by atoms with van der Waals surface area (Å²) in [5.41, 5.74) is 3.32. The second kappa shape index (κ2) is 6.24. The highest BCUT2D eigenvalue weighted by Gasteiger charge is 2.25. The number of benzene rings is 1. The normalized spacial score (nSPS) is 13.9. The summed E-state index contributed by atoms with van der Waals surface area (Å²) >= 11 is 3.06. The van der Waals surface area contributed by atoms with Crippen LogP contribution in [-0.2, 0) is 13.0 Å². The fourth-order valence-corrected chi connectivity index (χ4v) is 5.33. The van der Waals surface area contributed by atoms with E-state index in [-0.39, 0.29) is 5.91 Å². The zero-order valence-electron chi connectivity index (χ0n) is 14.9. The highest BCUT2D eigenvalue weighted by Crippen LogP contribution is 2.34. The second-order valence-electron chi connectivity index (χ2n) is 6.42. The van der Waals surface area contributed by atoms with Crippen molar-refractivity contribution >= 4 is 43.9 Å². The van der Waals surface area contributed by atoms with E-state index in [1.807, 2.05) is 39.1 Å². The SMILES string of the molecule is COc1cc2c(cc1OC)CN(C(=O)c1cc3c(nc4sccn43)s1)CC2. The van der Waals surface area contributed by atoms with Crippen molar-refractivity contribution in [2.75, 3.05) is 20.8 Å². The third-order valence-electron chi connectivity index (χ3n) is 4.96. The van der Waals surface area contributed by atoms with Crippen molar-refractivity contribution in [1.29, 1.82) is 0 Å². The Morgan fingerprint density at radius 2 is 1.93 bits per heavy atom. The first-order chi connectivity index (χ1) is 13.2. The topological polar surface area (TPSA) is 56.1 Å². The molecule has 0 saturated carbocycles. The number of rotatable bonds is 3. The summed E-state index contributed by atoms with van der Waals surface area (Å²) in [4.78, 5) is 22.2. The molecular formula is C19H17N3O3S2. The van der Waals surface area contributed by atoms with Crippen molar-refractivity contribution < 1.29 is 14.3 Å². The van der Waals surface area contributed by atoms with Gasteiger partial charge in [-0.3, -0.25) is 9.20 Å². The molecule has 1 aliphatic heterocycles. The number of nitrogens with zero attached hydrogens (tertiary/aromatic N) is 3. The average Bonchev–Trinajstić information content (AvgIpc) is 3.38. The van der Waals surface area contributed by atoms with Crippen molar-refractivity contribution in [3.05, 3.63) is 45.8 Å². The Balaban J connectivity index is 1.45. The van der Waals surface area contributed by atoms with Crippen LogP contribution in [0.5, 0.6) is 11.5 Å². The molecule has 8 heteroatoms. The zero-order chi connectivity index (χ0) is 18.5. The number of aromatic nitrogens is 2. The lowest BCUT2D eigenvalue weighted by Gasteiger charge is -2.29. The predicted octanol–water partition coefficient (Wildman–Crippen LogP) is 3.83. The van der Waals surface area contributed by atoms with Gasteiger partial charge in [-0.05, 0) is 35.7 Å². The van der Waals surface area contributed by atoms with Crippen LogP contribution in [0.3, 0.4) is 0 Å². The van der Waals surface area contributed by atoms with Crippen LogP contribution in [-0.4, -0.2) is 41.0 Å². The van der Waals surface area contributed by atoms with Gasteiger partial charge in [0.15, 0.2) is 16.5 Å². The Bertz CT molecular complexity index is 1170. The number of thiophene rings is 1. The maximum Gasteiger partial charge on any atom is 0.264 e. The van der Waals surface area contributed by atoms with Crippen LogP contribution >= 0.6 is 22.7 Å². The van der Waals surface area contributed by atoms with E-state index < -0.39 is 0 Å². The van der Waals surface area contributed by atoms with Gasteiger partial charge in [-0.15, -0.1) is 22.7 Å². The molecule has 1 aliphatic rings. The minimum Gasteiger partial charge on any atom is -0.493 e. The first-order valence-electron chi connectivity index (χ1n) is 8.56. The number of hydrogen-bond acceptors (Lipinski definition) is 6. The first kappa shape index (κ1) is 16.6. The fraction of sp³-hybridized carbons (Fsp3) is 0.263. The largest absolute Gasteiger partial charge is 0.493 e. The van der Waals surface area contributed by atoms with Gasteiger partial charge in [0.05, 0.1) is 24.6 Å². The summed E-state index contributed by atoms with van der Waals surface area (Å²) in [5, 5.41) is 2.00. The minimum atomic E-state index is 0.0578. The average molecular weight is 399 g/mol. The van der Waals surface area contributed by atoms with Crippen molar-refractivity contribution in [3.63, 3.8) is 0 Å². The Labute approximate surface area is 163 Å². The predicted molar refractivity (Wildman–Crippen MR) is 106 cm³/mol. The van der Waals surface area contributed by atoms with E-state index in [2.05, 4.69) is 4.98 Å². The lowest BCUT2D eigenvalue weighted by Crippen LogP contribution is -2.35. The maximum atomic E-state index is 13.1. The molecule has 0 bridgehead atoms. The number of hydrogen-bond donors (Lipinski definition) is 0. The lowest BCUT2D eigenvalue weighted by atomic mass is 9.98. The summed E-state index contributed by atoms with van der Waals surface area (Å²) in [7, 11) is 3.27. The molecule has 3 aromatic heterocycles. The molecule has 0 fully saturated rings.